The van der Waals surface area contributed by atoms with Crippen molar-refractivity contribution in [2.45, 2.75) is 16.6 Å². The van der Waals surface area contributed by atoms with E-state index < -0.39 is 34.9 Å². The molecule has 12 heteroatoms. The summed E-state index contributed by atoms with van der Waals surface area (Å²) in [5, 5.41) is 29.0. The number of hydrogen-bond donors (Lipinski definition) is 2. The topological polar surface area (TPSA) is 124 Å². The Hall–Kier alpha value is -1.64. The molecule has 0 radical (unpaired) electrons. The number of nitrogens with zero attached hydrogens (tertiary/aromatic N) is 3. The van der Waals surface area contributed by atoms with Crippen LogP contribution in [0.25, 0.3) is 0 Å². The summed E-state index contributed by atoms with van der Waals surface area (Å²) in [6, 6.07) is 7.20. The number of rotatable bonds is 5. The van der Waals surface area contributed by atoms with Crippen LogP contribution in [0.5, 0.6) is 5.75 Å². The van der Waals surface area contributed by atoms with Gasteiger partial charge in [0.25, 0.3) is 0 Å². The number of benzene rings is 1. The summed E-state index contributed by atoms with van der Waals surface area (Å²) in [6.07, 6.45) is 0.155. The molecule has 8 nitrogen and oxygen atoms in total. The number of hydrogen-bond acceptors (Lipinski definition) is 7. The van der Waals surface area contributed by atoms with Gasteiger partial charge in [0, 0.05) is 11.6 Å². The molecule has 1 aromatic carbocycles. The highest BCUT2D eigenvalue weighted by Gasteiger charge is 2.51. The van der Waals surface area contributed by atoms with Crippen LogP contribution in [0, 0.1) is 11.3 Å². The average molecular weight is 479 g/mol. The fraction of sp³-hybridized carbons (Fsp3) is 0.294. The van der Waals surface area contributed by atoms with Gasteiger partial charge < -0.3 is 14.9 Å². The number of nitriles is 1. The highest BCUT2D eigenvalue weighted by atomic mass is 35.5. The molecule has 0 bridgehead atoms. The number of aromatic nitrogens is 1. The number of aliphatic hydroxyl groups excluding tert-OH is 1. The van der Waals surface area contributed by atoms with Crippen LogP contribution >= 0.6 is 34.8 Å². The molecule has 2 atom stereocenters. The zero-order valence-corrected chi connectivity index (χ0v) is 17.7. The van der Waals surface area contributed by atoms with E-state index in [2.05, 4.69) is 4.98 Å². The predicted molar refractivity (Wildman–Crippen MR) is 106 cm³/mol. The first-order valence-electron chi connectivity index (χ1n) is 8.11. The van der Waals surface area contributed by atoms with Gasteiger partial charge in [-0.1, -0.05) is 34.8 Å². The van der Waals surface area contributed by atoms with Crippen molar-refractivity contribution in [1.29, 1.82) is 5.26 Å². The molecule has 0 saturated carbocycles. The SMILES string of the molecule is N#Cc1ccc(O[C@H]2CN(S(=O)(=O)c3c(Cl)cc(Cl)cc3Cl)CC2(O)CO)cn1. The number of pyridine rings is 1. The molecule has 2 heterocycles. The standard InChI is InChI=1S/C17H14Cl3N3O5S/c18-10-3-13(19)16(14(20)4-10)29(26,27)23-7-15(17(25,8-23)9-24)28-12-2-1-11(5-21)22-6-12/h1-4,6,15,24-25H,7-9H2/t15-,17?/m0/s1. The minimum absolute atomic E-state index is 0.164. The number of aliphatic hydroxyl groups is 2. The molecule has 1 aliphatic rings. The normalized spacial score (nSPS) is 22.4. The van der Waals surface area contributed by atoms with Crippen LogP contribution in [-0.4, -0.2) is 59.3 Å². The van der Waals surface area contributed by atoms with Gasteiger partial charge in [0.15, 0.2) is 0 Å². The van der Waals surface area contributed by atoms with E-state index in [0.29, 0.717) is 0 Å². The minimum Gasteiger partial charge on any atom is -0.484 e. The second kappa shape index (κ2) is 8.24. The van der Waals surface area contributed by atoms with Crippen LogP contribution in [-0.2, 0) is 10.0 Å². The van der Waals surface area contributed by atoms with E-state index in [1.807, 2.05) is 6.07 Å². The monoisotopic (exact) mass is 477 g/mol. The van der Waals surface area contributed by atoms with Crippen molar-refractivity contribution < 1.29 is 23.4 Å². The van der Waals surface area contributed by atoms with Crippen LogP contribution in [0.15, 0.2) is 35.4 Å². The van der Waals surface area contributed by atoms with Gasteiger partial charge >= 0.3 is 0 Å². The Kier molecular flexibility index (Phi) is 6.27. The Bertz CT molecular complexity index is 1050. The molecule has 3 rings (SSSR count). The van der Waals surface area contributed by atoms with E-state index in [4.69, 9.17) is 44.8 Å². The van der Waals surface area contributed by atoms with Crippen molar-refractivity contribution in [3.63, 3.8) is 0 Å². The highest BCUT2D eigenvalue weighted by molar-refractivity contribution is 7.89. The van der Waals surface area contributed by atoms with Gasteiger partial charge in [-0.05, 0) is 24.3 Å². The lowest BCUT2D eigenvalue weighted by Crippen LogP contribution is -2.48. The summed E-state index contributed by atoms with van der Waals surface area (Å²) >= 11 is 17.9. The average Bonchev–Trinajstić information content (AvgIpc) is 2.99. The third kappa shape index (κ3) is 4.29. The van der Waals surface area contributed by atoms with Crippen LogP contribution in [0.2, 0.25) is 15.1 Å². The Morgan fingerprint density at radius 2 is 1.97 bits per heavy atom. The second-order valence-electron chi connectivity index (χ2n) is 6.36. The summed E-state index contributed by atoms with van der Waals surface area (Å²) in [5.41, 5.74) is -1.72. The zero-order valence-electron chi connectivity index (χ0n) is 14.6. The third-order valence-electron chi connectivity index (χ3n) is 4.38. The Labute approximate surface area is 181 Å². The number of β-amino-alcohol motifs (C(OH)–C–C–N with tert-alkyl or cyclic N) is 1. The number of halogens is 3. The van der Waals surface area contributed by atoms with Crippen LogP contribution in [0.3, 0.4) is 0 Å². The zero-order chi connectivity index (χ0) is 21.4. The van der Waals surface area contributed by atoms with Gasteiger partial charge in [0.1, 0.15) is 34.1 Å². The van der Waals surface area contributed by atoms with Crippen molar-refractivity contribution in [1.82, 2.24) is 9.29 Å². The van der Waals surface area contributed by atoms with Gasteiger partial charge in [-0.3, -0.25) is 0 Å². The van der Waals surface area contributed by atoms with Gasteiger partial charge in [0.2, 0.25) is 10.0 Å². The quantitative estimate of drug-likeness (QED) is 0.674. The Balaban J connectivity index is 1.91. The second-order valence-corrected chi connectivity index (χ2v) is 9.48. The predicted octanol–water partition coefficient (Wildman–Crippen LogP) is 2.09. The summed E-state index contributed by atoms with van der Waals surface area (Å²) in [7, 11) is -4.23. The van der Waals surface area contributed by atoms with E-state index in [1.54, 1.807) is 0 Å². The van der Waals surface area contributed by atoms with Crippen molar-refractivity contribution in [2.75, 3.05) is 19.7 Å². The van der Waals surface area contributed by atoms with Crippen molar-refractivity contribution in [3.05, 3.63) is 51.2 Å². The van der Waals surface area contributed by atoms with Crippen LogP contribution in [0.4, 0.5) is 0 Å². The molecule has 154 valence electrons. The summed E-state index contributed by atoms with van der Waals surface area (Å²) in [6.45, 7) is -1.49. The van der Waals surface area contributed by atoms with E-state index >= 15 is 0 Å². The molecule has 1 aromatic heterocycles. The molecule has 29 heavy (non-hydrogen) atoms. The molecule has 1 saturated heterocycles. The lowest BCUT2D eigenvalue weighted by molar-refractivity contribution is -0.0641. The minimum atomic E-state index is -4.23. The van der Waals surface area contributed by atoms with Gasteiger partial charge in [-0.15, -0.1) is 0 Å². The van der Waals surface area contributed by atoms with Crippen molar-refractivity contribution >= 4 is 44.8 Å². The van der Waals surface area contributed by atoms with Gasteiger partial charge in [0.05, 0.1) is 29.4 Å². The molecule has 0 aliphatic carbocycles. The Morgan fingerprint density at radius 1 is 1.31 bits per heavy atom. The van der Waals surface area contributed by atoms with Crippen molar-refractivity contribution in [2.24, 2.45) is 0 Å². The molecule has 0 spiro atoms. The number of ether oxygens (including phenoxy) is 1. The first-order chi connectivity index (χ1) is 13.6. The lowest BCUT2D eigenvalue weighted by Gasteiger charge is -2.26. The first kappa shape index (κ1) is 22.1. The maximum Gasteiger partial charge on any atom is 0.246 e. The molecule has 2 N–H and O–H groups in total. The van der Waals surface area contributed by atoms with Crippen LogP contribution < -0.4 is 4.74 Å². The smallest absolute Gasteiger partial charge is 0.246 e. The Morgan fingerprint density at radius 3 is 2.48 bits per heavy atom. The first-order valence-corrected chi connectivity index (χ1v) is 10.7. The van der Waals surface area contributed by atoms with Gasteiger partial charge in [-0.25, -0.2) is 13.4 Å². The molecule has 1 aliphatic heterocycles. The summed E-state index contributed by atoms with van der Waals surface area (Å²) in [4.78, 5) is 3.49. The number of sulfonamides is 1. The van der Waals surface area contributed by atoms with E-state index in [-0.39, 0.29) is 38.0 Å². The third-order valence-corrected chi connectivity index (χ3v) is 7.34. The van der Waals surface area contributed by atoms with E-state index in [0.717, 1.165) is 4.31 Å². The van der Waals surface area contributed by atoms with Crippen molar-refractivity contribution in [3.8, 4) is 11.8 Å². The molecular formula is C17H14Cl3N3O5S. The summed E-state index contributed by atoms with van der Waals surface area (Å²) in [5.74, 6) is 0.197. The fourth-order valence-electron chi connectivity index (χ4n) is 2.89. The fourth-order valence-corrected chi connectivity index (χ4v) is 5.89. The summed E-state index contributed by atoms with van der Waals surface area (Å²) < 4.78 is 32.7. The molecule has 1 unspecified atom stereocenters. The molecular weight excluding hydrogens is 465 g/mol. The molecule has 2 aromatic rings. The maximum absolute atomic E-state index is 13.1. The van der Waals surface area contributed by atoms with Crippen LogP contribution in [0.1, 0.15) is 5.69 Å². The molecule has 1 fully saturated rings. The lowest BCUT2D eigenvalue weighted by atomic mass is 10.0. The maximum atomic E-state index is 13.1. The highest BCUT2D eigenvalue weighted by Crippen LogP contribution is 2.37. The largest absolute Gasteiger partial charge is 0.484 e. The van der Waals surface area contributed by atoms with E-state index in [1.165, 1.54) is 30.5 Å². The molecule has 0 amide bonds. The van der Waals surface area contributed by atoms with Gasteiger partial charge in [-0.2, -0.15) is 9.57 Å². The van der Waals surface area contributed by atoms with E-state index in [9.17, 15) is 18.6 Å².